The molecule has 8 heteroatoms. The molecule has 122 valence electrons. The van der Waals surface area contributed by atoms with Crippen molar-refractivity contribution < 1.29 is 13.2 Å². The molecule has 2 N–H and O–H groups in total. The third-order valence-corrected chi connectivity index (χ3v) is 4.06. The van der Waals surface area contributed by atoms with E-state index in [1.165, 1.54) is 6.07 Å². The Morgan fingerprint density at radius 2 is 1.96 bits per heavy atom. The third-order valence-electron chi connectivity index (χ3n) is 3.73. The summed E-state index contributed by atoms with van der Waals surface area (Å²) in [5.74, 6) is 0.131. The van der Waals surface area contributed by atoms with Gasteiger partial charge in [-0.05, 0) is 43.9 Å². The number of halogens is 4. The van der Waals surface area contributed by atoms with Crippen molar-refractivity contribution in [3.8, 4) is 0 Å². The normalized spacial score (nSPS) is 14.4. The Morgan fingerprint density at radius 1 is 1.22 bits per heavy atom. The number of nitrogens with one attached hydrogen (secondary N) is 2. The fraction of sp³-hybridized carbons (Fsp3) is 0.333. The van der Waals surface area contributed by atoms with Crippen LogP contribution in [0.3, 0.4) is 0 Å². The van der Waals surface area contributed by atoms with E-state index in [9.17, 15) is 18.0 Å². The fourth-order valence-corrected chi connectivity index (χ4v) is 2.84. The number of aromatic nitrogens is 2. The first-order valence-corrected chi connectivity index (χ1v) is 7.48. The van der Waals surface area contributed by atoms with Crippen molar-refractivity contribution in [3.05, 3.63) is 50.4 Å². The predicted molar refractivity (Wildman–Crippen MR) is 81.2 cm³/mol. The van der Waals surface area contributed by atoms with E-state index in [1.54, 1.807) is 0 Å². The van der Waals surface area contributed by atoms with E-state index in [-0.39, 0.29) is 22.2 Å². The minimum Gasteiger partial charge on any atom is -0.326 e. The zero-order valence-corrected chi connectivity index (χ0v) is 12.7. The van der Waals surface area contributed by atoms with Gasteiger partial charge in [0, 0.05) is 11.3 Å². The van der Waals surface area contributed by atoms with Crippen LogP contribution in [0.5, 0.6) is 0 Å². The highest BCUT2D eigenvalue weighted by Crippen LogP contribution is 2.36. The second-order valence-electron chi connectivity index (χ2n) is 5.36. The molecule has 0 fully saturated rings. The highest BCUT2D eigenvalue weighted by molar-refractivity contribution is 6.31. The van der Waals surface area contributed by atoms with E-state index in [4.69, 9.17) is 11.6 Å². The van der Waals surface area contributed by atoms with E-state index in [0.717, 1.165) is 25.0 Å². The topological polar surface area (TPSA) is 57.8 Å². The Bertz CT molecular complexity index is 802. The number of nitrogens with zero attached hydrogens (tertiary/aromatic N) is 1. The van der Waals surface area contributed by atoms with Gasteiger partial charge in [-0.15, -0.1) is 0 Å². The third kappa shape index (κ3) is 3.34. The maximum atomic E-state index is 12.9. The molecule has 0 bridgehead atoms. The van der Waals surface area contributed by atoms with Gasteiger partial charge in [-0.2, -0.15) is 13.2 Å². The molecule has 0 atom stereocenters. The molecule has 0 saturated carbocycles. The lowest BCUT2D eigenvalue weighted by Gasteiger charge is -2.16. The number of hydrogen-bond acceptors (Lipinski definition) is 3. The van der Waals surface area contributed by atoms with Crippen molar-refractivity contribution in [1.29, 1.82) is 0 Å². The van der Waals surface area contributed by atoms with Gasteiger partial charge in [-0.25, -0.2) is 4.98 Å². The van der Waals surface area contributed by atoms with Crippen LogP contribution in [0.15, 0.2) is 23.0 Å². The summed E-state index contributed by atoms with van der Waals surface area (Å²) in [6, 6.07) is 3.45. The van der Waals surface area contributed by atoms with Crippen LogP contribution in [0.1, 0.15) is 29.7 Å². The van der Waals surface area contributed by atoms with Crippen LogP contribution >= 0.6 is 11.6 Å². The summed E-state index contributed by atoms with van der Waals surface area (Å²) in [4.78, 5) is 18.9. The summed E-state index contributed by atoms with van der Waals surface area (Å²) in [6.45, 7) is 0. The second kappa shape index (κ2) is 5.88. The number of benzene rings is 1. The Labute approximate surface area is 134 Å². The van der Waals surface area contributed by atoms with Gasteiger partial charge in [0.1, 0.15) is 0 Å². The first-order chi connectivity index (χ1) is 10.8. The lowest BCUT2D eigenvalue weighted by molar-refractivity contribution is -0.137. The number of H-pyrrole nitrogens is 1. The lowest BCUT2D eigenvalue weighted by atomic mass is 9.97. The number of aromatic amines is 1. The first kappa shape index (κ1) is 15.9. The number of hydrogen-bond donors (Lipinski definition) is 2. The highest BCUT2D eigenvalue weighted by atomic mass is 35.5. The molecular formula is C15H13ClF3N3O. The van der Waals surface area contributed by atoms with Crippen LogP contribution in [0.25, 0.3) is 0 Å². The van der Waals surface area contributed by atoms with Crippen LogP contribution < -0.4 is 10.9 Å². The van der Waals surface area contributed by atoms with E-state index < -0.39 is 11.7 Å². The molecule has 2 aromatic rings. The second-order valence-corrected chi connectivity index (χ2v) is 5.77. The van der Waals surface area contributed by atoms with E-state index in [0.29, 0.717) is 24.1 Å². The molecular weight excluding hydrogens is 331 g/mol. The predicted octanol–water partition coefficient (Wildman–Crippen LogP) is 4.06. The van der Waals surface area contributed by atoms with Crippen molar-refractivity contribution in [3.63, 3.8) is 0 Å². The molecule has 3 rings (SSSR count). The lowest BCUT2D eigenvalue weighted by Crippen LogP contribution is -2.22. The van der Waals surface area contributed by atoms with Crippen LogP contribution in [0.4, 0.5) is 24.8 Å². The minimum absolute atomic E-state index is 0.131. The molecule has 1 aliphatic carbocycles. The molecule has 0 radical (unpaired) electrons. The number of aryl methyl sites for hydroxylation is 1. The Balaban J connectivity index is 1.94. The monoisotopic (exact) mass is 343 g/mol. The van der Waals surface area contributed by atoms with Crippen molar-refractivity contribution in [2.24, 2.45) is 0 Å². The summed E-state index contributed by atoms with van der Waals surface area (Å²) in [6.07, 6.45) is -1.29. The van der Waals surface area contributed by atoms with Gasteiger partial charge in [0.05, 0.1) is 16.3 Å². The molecule has 0 aliphatic heterocycles. The average molecular weight is 344 g/mol. The van der Waals surface area contributed by atoms with E-state index >= 15 is 0 Å². The zero-order valence-electron chi connectivity index (χ0n) is 11.9. The van der Waals surface area contributed by atoms with Gasteiger partial charge in [-0.1, -0.05) is 11.6 Å². The molecule has 23 heavy (non-hydrogen) atoms. The molecule has 0 unspecified atom stereocenters. The highest BCUT2D eigenvalue weighted by Gasteiger charge is 2.33. The van der Waals surface area contributed by atoms with Gasteiger partial charge in [0.2, 0.25) is 5.95 Å². The van der Waals surface area contributed by atoms with Crippen molar-refractivity contribution >= 4 is 23.2 Å². The smallest absolute Gasteiger partial charge is 0.326 e. The molecule has 0 amide bonds. The number of anilines is 2. The van der Waals surface area contributed by atoms with Gasteiger partial charge in [0.25, 0.3) is 5.56 Å². The summed E-state index contributed by atoms with van der Waals surface area (Å²) in [5, 5.41) is 2.33. The maximum Gasteiger partial charge on any atom is 0.417 e. The molecule has 1 aromatic heterocycles. The van der Waals surface area contributed by atoms with Crippen molar-refractivity contribution in [1.82, 2.24) is 9.97 Å². The molecule has 4 nitrogen and oxygen atoms in total. The molecule has 1 heterocycles. The largest absolute Gasteiger partial charge is 0.417 e. The molecule has 1 aromatic carbocycles. The Kier molecular flexibility index (Phi) is 4.06. The number of alkyl halides is 3. The SMILES string of the molecule is O=c1[nH]c(Nc2ccc(Cl)c(C(F)(F)F)c2)nc2c1CCCC2. The standard InChI is InChI=1S/C15H13ClF3N3O/c16-11-6-5-8(7-10(11)15(17,18)19)20-14-21-12-4-2-1-3-9(12)13(23)22-14/h5-7H,1-4H2,(H2,20,21,22,23). The number of rotatable bonds is 2. The fourth-order valence-electron chi connectivity index (χ4n) is 2.62. The Morgan fingerprint density at radius 3 is 2.70 bits per heavy atom. The van der Waals surface area contributed by atoms with Gasteiger partial charge >= 0.3 is 6.18 Å². The van der Waals surface area contributed by atoms with Crippen LogP contribution in [0.2, 0.25) is 5.02 Å². The number of fused-ring (bicyclic) bond motifs is 1. The van der Waals surface area contributed by atoms with Gasteiger partial charge in [-0.3, -0.25) is 9.78 Å². The van der Waals surface area contributed by atoms with Crippen LogP contribution in [-0.2, 0) is 19.0 Å². The average Bonchev–Trinajstić information content (AvgIpc) is 2.48. The van der Waals surface area contributed by atoms with Crippen LogP contribution in [-0.4, -0.2) is 9.97 Å². The summed E-state index contributed by atoms with van der Waals surface area (Å²) >= 11 is 5.58. The molecule has 0 spiro atoms. The Hall–Kier alpha value is -2.02. The van der Waals surface area contributed by atoms with E-state index in [1.807, 2.05) is 0 Å². The summed E-state index contributed by atoms with van der Waals surface area (Å²) < 4.78 is 38.6. The minimum atomic E-state index is -4.55. The van der Waals surface area contributed by atoms with E-state index in [2.05, 4.69) is 15.3 Å². The summed E-state index contributed by atoms with van der Waals surface area (Å²) in [5.41, 5.74) is 0.328. The first-order valence-electron chi connectivity index (χ1n) is 7.10. The summed E-state index contributed by atoms with van der Waals surface area (Å²) in [7, 11) is 0. The van der Waals surface area contributed by atoms with Crippen molar-refractivity contribution in [2.45, 2.75) is 31.9 Å². The zero-order chi connectivity index (χ0) is 16.6. The molecule has 0 saturated heterocycles. The van der Waals surface area contributed by atoms with Gasteiger partial charge < -0.3 is 5.32 Å². The molecule has 1 aliphatic rings. The van der Waals surface area contributed by atoms with Gasteiger partial charge in [0.15, 0.2) is 0 Å². The van der Waals surface area contributed by atoms with Crippen molar-refractivity contribution in [2.75, 3.05) is 5.32 Å². The quantitative estimate of drug-likeness (QED) is 0.864. The maximum absolute atomic E-state index is 12.9. The van der Waals surface area contributed by atoms with Crippen LogP contribution in [0, 0.1) is 0 Å².